The topological polar surface area (TPSA) is 50.7 Å². The van der Waals surface area contributed by atoms with Crippen molar-refractivity contribution in [3.8, 4) is 5.75 Å². The van der Waals surface area contributed by atoms with Crippen LogP contribution < -0.4 is 10.1 Å². The van der Waals surface area contributed by atoms with Gasteiger partial charge in [-0.05, 0) is 47.4 Å². The summed E-state index contributed by atoms with van der Waals surface area (Å²) in [5.41, 5.74) is 1.23. The van der Waals surface area contributed by atoms with Gasteiger partial charge in [-0.2, -0.15) is 0 Å². The smallest absolute Gasteiger partial charge is 0.119 e. The SMILES string of the molecule is COc1ccc2cc(CNCC3(CO)CCOCC3)ccc2c1. The molecule has 124 valence electrons. The molecule has 23 heavy (non-hydrogen) atoms. The normalized spacial score (nSPS) is 17.3. The second-order valence-electron chi connectivity index (χ2n) is 6.42. The molecule has 0 atom stereocenters. The van der Waals surface area contributed by atoms with Crippen LogP contribution in [0.15, 0.2) is 36.4 Å². The molecule has 2 aromatic carbocycles. The fraction of sp³-hybridized carbons (Fsp3) is 0.474. The second kappa shape index (κ2) is 7.30. The number of rotatable bonds is 6. The van der Waals surface area contributed by atoms with Crippen molar-refractivity contribution in [1.29, 1.82) is 0 Å². The van der Waals surface area contributed by atoms with Gasteiger partial charge in [0.2, 0.25) is 0 Å². The van der Waals surface area contributed by atoms with E-state index in [4.69, 9.17) is 9.47 Å². The number of aliphatic hydroxyl groups excluding tert-OH is 1. The van der Waals surface area contributed by atoms with Gasteiger partial charge in [0, 0.05) is 31.7 Å². The molecular weight excluding hydrogens is 290 g/mol. The fourth-order valence-electron chi connectivity index (χ4n) is 3.18. The van der Waals surface area contributed by atoms with E-state index in [0.29, 0.717) is 0 Å². The summed E-state index contributed by atoms with van der Waals surface area (Å²) < 4.78 is 10.7. The number of hydrogen-bond donors (Lipinski definition) is 2. The molecule has 0 aromatic heterocycles. The van der Waals surface area contributed by atoms with Crippen LogP contribution >= 0.6 is 0 Å². The predicted octanol–water partition coefficient (Wildman–Crippen LogP) is 2.73. The average molecular weight is 315 g/mol. The Hall–Kier alpha value is -1.62. The molecule has 1 heterocycles. The van der Waals surface area contributed by atoms with Crippen LogP contribution in [0.4, 0.5) is 0 Å². The summed E-state index contributed by atoms with van der Waals surface area (Å²) in [7, 11) is 1.69. The lowest BCUT2D eigenvalue weighted by Gasteiger charge is -2.35. The number of hydrogen-bond acceptors (Lipinski definition) is 4. The highest BCUT2D eigenvalue weighted by atomic mass is 16.5. The average Bonchev–Trinajstić information content (AvgIpc) is 2.62. The molecule has 0 saturated carbocycles. The molecule has 1 saturated heterocycles. The molecule has 0 spiro atoms. The van der Waals surface area contributed by atoms with Crippen molar-refractivity contribution in [2.45, 2.75) is 19.4 Å². The van der Waals surface area contributed by atoms with Gasteiger partial charge in [0.1, 0.15) is 5.75 Å². The Morgan fingerprint density at radius 1 is 1.13 bits per heavy atom. The largest absolute Gasteiger partial charge is 0.497 e. The summed E-state index contributed by atoms with van der Waals surface area (Å²) in [6.07, 6.45) is 1.85. The molecule has 2 N–H and O–H groups in total. The Morgan fingerprint density at radius 2 is 1.87 bits per heavy atom. The van der Waals surface area contributed by atoms with Crippen molar-refractivity contribution in [2.75, 3.05) is 33.5 Å². The number of benzene rings is 2. The third kappa shape index (κ3) is 3.83. The minimum Gasteiger partial charge on any atom is -0.497 e. The molecule has 4 heteroatoms. The van der Waals surface area contributed by atoms with Crippen LogP contribution in [-0.2, 0) is 11.3 Å². The van der Waals surface area contributed by atoms with E-state index in [1.165, 1.54) is 16.3 Å². The first-order chi connectivity index (χ1) is 11.2. The highest BCUT2D eigenvalue weighted by Crippen LogP contribution is 2.29. The van der Waals surface area contributed by atoms with Gasteiger partial charge in [-0.3, -0.25) is 0 Å². The lowest BCUT2D eigenvalue weighted by Crippen LogP contribution is -2.41. The molecule has 1 aliphatic heterocycles. The monoisotopic (exact) mass is 315 g/mol. The van der Waals surface area contributed by atoms with Gasteiger partial charge in [0.15, 0.2) is 0 Å². The van der Waals surface area contributed by atoms with Crippen LogP contribution in [0, 0.1) is 5.41 Å². The van der Waals surface area contributed by atoms with E-state index in [-0.39, 0.29) is 12.0 Å². The van der Waals surface area contributed by atoms with Gasteiger partial charge >= 0.3 is 0 Å². The van der Waals surface area contributed by atoms with E-state index in [9.17, 15) is 5.11 Å². The zero-order valence-electron chi connectivity index (χ0n) is 13.7. The fourth-order valence-corrected chi connectivity index (χ4v) is 3.18. The molecule has 2 aromatic rings. The molecule has 1 fully saturated rings. The van der Waals surface area contributed by atoms with Gasteiger partial charge < -0.3 is 19.9 Å². The van der Waals surface area contributed by atoms with Gasteiger partial charge in [0.05, 0.1) is 13.7 Å². The van der Waals surface area contributed by atoms with Crippen LogP contribution in [0.2, 0.25) is 0 Å². The number of fused-ring (bicyclic) bond motifs is 1. The van der Waals surface area contributed by atoms with E-state index in [1.54, 1.807) is 7.11 Å². The van der Waals surface area contributed by atoms with E-state index in [1.807, 2.05) is 6.07 Å². The van der Waals surface area contributed by atoms with Crippen LogP contribution in [0.5, 0.6) is 5.75 Å². The summed E-state index contributed by atoms with van der Waals surface area (Å²) in [6.45, 7) is 3.36. The third-order valence-electron chi connectivity index (χ3n) is 4.83. The first-order valence-electron chi connectivity index (χ1n) is 8.21. The molecule has 0 bridgehead atoms. The zero-order chi connectivity index (χ0) is 16.1. The number of ether oxygens (including phenoxy) is 2. The van der Waals surface area contributed by atoms with Crippen molar-refractivity contribution in [3.05, 3.63) is 42.0 Å². The number of methoxy groups -OCH3 is 1. The minimum absolute atomic E-state index is 0.0253. The van der Waals surface area contributed by atoms with E-state index in [0.717, 1.165) is 44.9 Å². The predicted molar refractivity (Wildman–Crippen MR) is 91.8 cm³/mol. The van der Waals surface area contributed by atoms with E-state index >= 15 is 0 Å². The van der Waals surface area contributed by atoms with Gasteiger partial charge in [-0.25, -0.2) is 0 Å². The van der Waals surface area contributed by atoms with Crippen molar-refractivity contribution < 1.29 is 14.6 Å². The molecule has 4 nitrogen and oxygen atoms in total. The van der Waals surface area contributed by atoms with E-state index < -0.39 is 0 Å². The van der Waals surface area contributed by atoms with Gasteiger partial charge in [-0.15, -0.1) is 0 Å². The van der Waals surface area contributed by atoms with Crippen LogP contribution in [0.25, 0.3) is 10.8 Å². The molecular formula is C19H25NO3. The van der Waals surface area contributed by atoms with Crippen LogP contribution in [0.1, 0.15) is 18.4 Å². The molecule has 0 radical (unpaired) electrons. The summed E-state index contributed by atoms with van der Waals surface area (Å²) in [5.74, 6) is 0.882. The maximum absolute atomic E-state index is 9.72. The van der Waals surface area contributed by atoms with Crippen molar-refractivity contribution in [2.24, 2.45) is 5.41 Å². The van der Waals surface area contributed by atoms with Gasteiger partial charge in [-0.1, -0.05) is 18.2 Å². The standard InChI is InChI=1S/C19H25NO3/c1-22-18-5-4-16-10-15(2-3-17(16)11-18)12-20-13-19(14-21)6-8-23-9-7-19/h2-5,10-11,20-21H,6-9,12-14H2,1H3. The van der Waals surface area contributed by atoms with E-state index in [2.05, 4.69) is 35.6 Å². The molecule has 0 aliphatic carbocycles. The molecule has 1 aliphatic rings. The molecule has 0 unspecified atom stereocenters. The zero-order valence-corrected chi connectivity index (χ0v) is 13.7. The first-order valence-corrected chi connectivity index (χ1v) is 8.21. The lowest BCUT2D eigenvalue weighted by molar-refractivity contribution is -0.0154. The van der Waals surface area contributed by atoms with Crippen molar-refractivity contribution >= 4 is 10.8 Å². The first kappa shape index (κ1) is 16.2. The Balaban J connectivity index is 1.62. The highest BCUT2D eigenvalue weighted by Gasteiger charge is 2.31. The second-order valence-corrected chi connectivity index (χ2v) is 6.42. The Morgan fingerprint density at radius 3 is 2.61 bits per heavy atom. The summed E-state index contributed by atoms with van der Waals surface area (Å²) in [6, 6.07) is 12.6. The Kier molecular flexibility index (Phi) is 5.16. The Labute approximate surface area is 137 Å². The summed E-state index contributed by atoms with van der Waals surface area (Å²) >= 11 is 0. The van der Waals surface area contributed by atoms with Crippen LogP contribution in [-0.4, -0.2) is 38.6 Å². The van der Waals surface area contributed by atoms with Crippen LogP contribution in [0.3, 0.4) is 0 Å². The number of nitrogens with one attached hydrogen (secondary N) is 1. The van der Waals surface area contributed by atoms with Crippen molar-refractivity contribution in [3.63, 3.8) is 0 Å². The van der Waals surface area contributed by atoms with Crippen molar-refractivity contribution in [1.82, 2.24) is 5.32 Å². The quantitative estimate of drug-likeness (QED) is 0.860. The summed E-state index contributed by atoms with van der Waals surface area (Å²) in [5, 5.41) is 15.6. The third-order valence-corrected chi connectivity index (χ3v) is 4.83. The Bertz CT molecular complexity index is 650. The van der Waals surface area contributed by atoms with Gasteiger partial charge in [0.25, 0.3) is 0 Å². The molecule has 3 rings (SSSR count). The maximum atomic E-state index is 9.72. The molecule has 0 amide bonds. The number of aliphatic hydroxyl groups is 1. The summed E-state index contributed by atoms with van der Waals surface area (Å²) in [4.78, 5) is 0. The lowest BCUT2D eigenvalue weighted by atomic mass is 9.81. The highest BCUT2D eigenvalue weighted by molar-refractivity contribution is 5.84. The maximum Gasteiger partial charge on any atom is 0.119 e. The minimum atomic E-state index is -0.0253.